The number of benzene rings is 2. The topological polar surface area (TPSA) is 69.1 Å². The summed E-state index contributed by atoms with van der Waals surface area (Å²) in [6.07, 6.45) is 0. The van der Waals surface area contributed by atoms with Gasteiger partial charge in [-0.25, -0.2) is 0 Å². The summed E-state index contributed by atoms with van der Waals surface area (Å²) >= 11 is 1.59. The zero-order valence-electron chi connectivity index (χ0n) is 10.9. The number of nitrogen functional groups attached to an aromatic ring is 1. The van der Waals surface area contributed by atoms with E-state index in [4.69, 9.17) is 11.5 Å². The van der Waals surface area contributed by atoms with Gasteiger partial charge in [-0.1, -0.05) is 29.5 Å². The largest absolute Gasteiger partial charge is 0.398 e. The summed E-state index contributed by atoms with van der Waals surface area (Å²) in [5.74, 6) is -0.463. The highest BCUT2D eigenvalue weighted by molar-refractivity contribution is 7.99. The molecule has 0 fully saturated rings. The van der Waals surface area contributed by atoms with Gasteiger partial charge in [0.1, 0.15) is 0 Å². The van der Waals surface area contributed by atoms with Crippen molar-refractivity contribution < 1.29 is 4.79 Å². The third-order valence-corrected chi connectivity index (χ3v) is 4.11. The average Bonchev–Trinajstić information content (AvgIpc) is 2.34. The fourth-order valence-corrected chi connectivity index (χ4v) is 2.73. The smallest absolute Gasteiger partial charge is 0.248 e. The summed E-state index contributed by atoms with van der Waals surface area (Å²) in [5.41, 5.74) is 14.6. The molecule has 0 aromatic heterocycles. The second kappa shape index (κ2) is 5.36. The molecule has 19 heavy (non-hydrogen) atoms. The van der Waals surface area contributed by atoms with Crippen LogP contribution < -0.4 is 11.5 Å². The Morgan fingerprint density at radius 2 is 1.74 bits per heavy atom. The Bertz CT molecular complexity index is 638. The van der Waals surface area contributed by atoms with E-state index in [0.717, 1.165) is 9.79 Å². The molecular weight excluding hydrogens is 256 g/mol. The van der Waals surface area contributed by atoms with E-state index in [1.165, 1.54) is 11.1 Å². The Hall–Kier alpha value is -1.94. The molecule has 0 bridgehead atoms. The van der Waals surface area contributed by atoms with E-state index in [-0.39, 0.29) is 0 Å². The second-order valence-electron chi connectivity index (χ2n) is 4.49. The summed E-state index contributed by atoms with van der Waals surface area (Å²) in [4.78, 5) is 13.2. The van der Waals surface area contributed by atoms with Crippen molar-refractivity contribution in [2.45, 2.75) is 23.6 Å². The van der Waals surface area contributed by atoms with E-state index >= 15 is 0 Å². The predicted molar refractivity (Wildman–Crippen MR) is 79.4 cm³/mol. The van der Waals surface area contributed by atoms with Crippen LogP contribution in [0, 0.1) is 13.8 Å². The maximum Gasteiger partial charge on any atom is 0.248 e. The highest BCUT2D eigenvalue weighted by Crippen LogP contribution is 2.34. The molecule has 0 saturated carbocycles. The number of carbonyl (C=O) groups excluding carboxylic acids is 1. The number of carbonyl (C=O) groups is 1. The molecule has 0 aliphatic carbocycles. The van der Waals surface area contributed by atoms with Crippen LogP contribution >= 0.6 is 11.8 Å². The number of hydrogen-bond acceptors (Lipinski definition) is 3. The van der Waals surface area contributed by atoms with E-state index < -0.39 is 5.91 Å². The van der Waals surface area contributed by atoms with Crippen LogP contribution in [0.5, 0.6) is 0 Å². The average molecular weight is 272 g/mol. The Morgan fingerprint density at radius 1 is 1.05 bits per heavy atom. The lowest BCUT2D eigenvalue weighted by Crippen LogP contribution is -2.11. The minimum atomic E-state index is -0.463. The quantitative estimate of drug-likeness (QED) is 0.843. The predicted octanol–water partition coefficient (Wildman–Crippen LogP) is 3.14. The van der Waals surface area contributed by atoms with E-state index in [1.807, 2.05) is 6.07 Å². The molecule has 0 aliphatic rings. The van der Waals surface area contributed by atoms with Crippen molar-refractivity contribution in [3.63, 3.8) is 0 Å². The molecule has 0 unspecified atom stereocenters. The van der Waals surface area contributed by atoms with Crippen molar-refractivity contribution >= 4 is 23.4 Å². The van der Waals surface area contributed by atoms with Crippen molar-refractivity contribution in [2.75, 3.05) is 5.73 Å². The molecule has 0 heterocycles. The van der Waals surface area contributed by atoms with Crippen molar-refractivity contribution in [2.24, 2.45) is 5.73 Å². The molecule has 0 spiro atoms. The Kier molecular flexibility index (Phi) is 3.81. The summed E-state index contributed by atoms with van der Waals surface area (Å²) in [6.45, 7) is 4.14. The minimum Gasteiger partial charge on any atom is -0.398 e. The summed E-state index contributed by atoms with van der Waals surface area (Å²) in [7, 11) is 0. The summed E-state index contributed by atoms with van der Waals surface area (Å²) < 4.78 is 0. The molecule has 0 aliphatic heterocycles. The van der Waals surface area contributed by atoms with E-state index in [9.17, 15) is 4.79 Å². The van der Waals surface area contributed by atoms with Crippen LogP contribution in [0.2, 0.25) is 0 Å². The minimum absolute atomic E-state index is 0.433. The molecule has 98 valence electrons. The molecule has 4 N–H and O–H groups in total. The Labute approximate surface area is 117 Å². The van der Waals surface area contributed by atoms with Crippen LogP contribution in [0.3, 0.4) is 0 Å². The first kappa shape index (κ1) is 13.5. The Morgan fingerprint density at radius 3 is 2.32 bits per heavy atom. The number of hydrogen-bond donors (Lipinski definition) is 2. The van der Waals surface area contributed by atoms with Crippen LogP contribution in [0.25, 0.3) is 0 Å². The van der Waals surface area contributed by atoms with Crippen molar-refractivity contribution in [3.8, 4) is 0 Å². The summed E-state index contributed by atoms with van der Waals surface area (Å²) in [6, 6.07) is 11.4. The maximum absolute atomic E-state index is 11.1. The van der Waals surface area contributed by atoms with E-state index in [1.54, 1.807) is 23.9 Å². The molecule has 4 heteroatoms. The number of rotatable bonds is 3. The van der Waals surface area contributed by atoms with Crippen molar-refractivity contribution in [1.82, 2.24) is 0 Å². The first-order chi connectivity index (χ1) is 8.97. The zero-order chi connectivity index (χ0) is 14.0. The maximum atomic E-state index is 11.1. The van der Waals surface area contributed by atoms with Crippen LogP contribution in [-0.4, -0.2) is 5.91 Å². The zero-order valence-corrected chi connectivity index (χ0v) is 11.8. The van der Waals surface area contributed by atoms with Gasteiger partial charge in [-0.05, 0) is 43.7 Å². The third kappa shape index (κ3) is 3.09. The van der Waals surface area contributed by atoms with Gasteiger partial charge >= 0.3 is 0 Å². The van der Waals surface area contributed by atoms with E-state index in [0.29, 0.717) is 11.3 Å². The number of aryl methyl sites for hydroxylation is 2. The molecular formula is C15H16N2OS. The molecule has 0 saturated heterocycles. The van der Waals surface area contributed by atoms with E-state index in [2.05, 4.69) is 32.0 Å². The monoisotopic (exact) mass is 272 g/mol. The highest BCUT2D eigenvalue weighted by Gasteiger charge is 2.07. The lowest BCUT2D eigenvalue weighted by molar-refractivity contribution is 0.100. The second-order valence-corrected chi connectivity index (χ2v) is 5.57. The third-order valence-electron chi connectivity index (χ3n) is 2.84. The highest BCUT2D eigenvalue weighted by atomic mass is 32.2. The number of anilines is 1. The Balaban J connectivity index is 2.31. The van der Waals surface area contributed by atoms with Gasteiger partial charge in [0.2, 0.25) is 5.91 Å². The van der Waals surface area contributed by atoms with Crippen LogP contribution in [0.15, 0.2) is 46.2 Å². The van der Waals surface area contributed by atoms with Crippen LogP contribution in [0.4, 0.5) is 5.69 Å². The SMILES string of the molecule is Cc1ccc(Sc2ccc(C(N)=O)cc2N)c(C)c1. The summed E-state index contributed by atoms with van der Waals surface area (Å²) in [5, 5.41) is 0. The van der Waals surface area contributed by atoms with Crippen molar-refractivity contribution in [3.05, 3.63) is 53.1 Å². The van der Waals surface area contributed by atoms with Gasteiger partial charge in [-0.15, -0.1) is 0 Å². The number of primary amides is 1. The fraction of sp³-hybridized carbons (Fsp3) is 0.133. The molecule has 2 rings (SSSR count). The lowest BCUT2D eigenvalue weighted by atomic mass is 10.2. The van der Waals surface area contributed by atoms with Gasteiger partial charge in [0.25, 0.3) is 0 Å². The van der Waals surface area contributed by atoms with Crippen LogP contribution in [-0.2, 0) is 0 Å². The van der Waals surface area contributed by atoms with Gasteiger partial charge in [0.05, 0.1) is 0 Å². The van der Waals surface area contributed by atoms with Crippen LogP contribution in [0.1, 0.15) is 21.5 Å². The van der Waals surface area contributed by atoms with Gasteiger partial charge in [-0.3, -0.25) is 4.79 Å². The lowest BCUT2D eigenvalue weighted by Gasteiger charge is -2.09. The van der Waals surface area contributed by atoms with Gasteiger partial charge in [0.15, 0.2) is 0 Å². The van der Waals surface area contributed by atoms with Gasteiger partial charge < -0.3 is 11.5 Å². The molecule has 2 aromatic rings. The number of nitrogens with two attached hydrogens (primary N) is 2. The normalized spacial score (nSPS) is 10.4. The van der Waals surface area contributed by atoms with Gasteiger partial charge in [-0.2, -0.15) is 0 Å². The molecule has 0 atom stereocenters. The molecule has 2 aromatic carbocycles. The standard InChI is InChI=1S/C15H16N2OS/c1-9-3-5-13(10(2)7-9)19-14-6-4-11(15(17)18)8-12(14)16/h3-8H,16H2,1-2H3,(H2,17,18). The number of amides is 1. The fourth-order valence-electron chi connectivity index (χ4n) is 1.83. The van der Waals surface area contributed by atoms with Gasteiger partial charge in [0, 0.05) is 21.0 Å². The first-order valence-electron chi connectivity index (χ1n) is 5.92. The molecule has 0 radical (unpaired) electrons. The first-order valence-corrected chi connectivity index (χ1v) is 6.73. The molecule has 1 amide bonds. The molecule has 3 nitrogen and oxygen atoms in total. The van der Waals surface area contributed by atoms with Crippen molar-refractivity contribution in [1.29, 1.82) is 0 Å².